The van der Waals surface area contributed by atoms with Gasteiger partial charge >= 0.3 is 0 Å². The summed E-state index contributed by atoms with van der Waals surface area (Å²) in [6.45, 7) is 1.83. The maximum absolute atomic E-state index is 11.6. The lowest BCUT2D eigenvalue weighted by Gasteiger charge is -2.08. The first-order valence-electron chi connectivity index (χ1n) is 5.46. The maximum Gasteiger partial charge on any atom is 0.207 e. The van der Waals surface area contributed by atoms with Gasteiger partial charge in [-0.1, -0.05) is 12.1 Å². The van der Waals surface area contributed by atoms with Gasteiger partial charge in [0.1, 0.15) is 0 Å². The van der Waals surface area contributed by atoms with Crippen LogP contribution in [0.4, 0.5) is 0 Å². The fourth-order valence-electron chi connectivity index (χ4n) is 1.66. The van der Waals surface area contributed by atoms with E-state index in [0.717, 1.165) is 5.52 Å². The summed E-state index contributed by atoms with van der Waals surface area (Å²) in [5.74, 6) is 0.707. The zero-order valence-electron chi connectivity index (χ0n) is 9.37. The quantitative estimate of drug-likeness (QED) is 0.643. The normalized spacial score (nSPS) is 10.9. The lowest BCUT2D eigenvalue weighted by Crippen LogP contribution is -2.15. The van der Waals surface area contributed by atoms with Crippen LogP contribution in [0.1, 0.15) is 0 Å². The van der Waals surface area contributed by atoms with E-state index < -0.39 is 0 Å². The monoisotopic (exact) mass is 250 g/mol. The molecule has 0 spiro atoms. The second-order valence-corrected chi connectivity index (χ2v) is 4.03. The molecule has 0 radical (unpaired) electrons. The Morgan fingerprint density at radius 1 is 1.29 bits per heavy atom. The third-order valence-electron chi connectivity index (χ3n) is 2.45. The van der Waals surface area contributed by atoms with Crippen molar-refractivity contribution < 1.29 is 4.74 Å². The summed E-state index contributed by atoms with van der Waals surface area (Å²) in [6.07, 6.45) is 1.35. The first-order chi connectivity index (χ1) is 8.33. The molecular formula is C12H14N2O2S. The molecule has 0 atom stereocenters. The number of hydrogen-bond donors (Lipinski definition) is 1. The number of ether oxygens (including phenoxy) is 1. The van der Waals surface area contributed by atoms with Gasteiger partial charge in [-0.3, -0.25) is 9.48 Å². The number of para-hydroxylation sites is 1. The van der Waals surface area contributed by atoms with Crippen LogP contribution >= 0.6 is 12.6 Å². The molecule has 0 bridgehead atoms. The van der Waals surface area contributed by atoms with Crippen LogP contribution in [0.5, 0.6) is 0 Å². The summed E-state index contributed by atoms with van der Waals surface area (Å²) in [7, 11) is 0. The van der Waals surface area contributed by atoms with Gasteiger partial charge in [-0.25, -0.2) is 0 Å². The minimum Gasteiger partial charge on any atom is -0.379 e. The first-order valence-corrected chi connectivity index (χ1v) is 6.09. The number of aromatic nitrogens is 2. The molecule has 2 aromatic rings. The van der Waals surface area contributed by atoms with Gasteiger partial charge in [-0.2, -0.15) is 17.7 Å². The second-order valence-electron chi connectivity index (χ2n) is 3.59. The lowest BCUT2D eigenvalue weighted by molar-refractivity contribution is 0.139. The summed E-state index contributed by atoms with van der Waals surface area (Å²) >= 11 is 4.06. The Hall–Kier alpha value is -1.33. The average molecular weight is 250 g/mol. The predicted octanol–water partition coefficient (Wildman–Crippen LogP) is 1.34. The van der Waals surface area contributed by atoms with Crippen molar-refractivity contribution in [2.75, 3.05) is 19.0 Å². The van der Waals surface area contributed by atoms with E-state index in [1.807, 2.05) is 24.3 Å². The SMILES string of the molecule is O=c1cnn(CCOCCS)c2ccccc12. The summed E-state index contributed by atoms with van der Waals surface area (Å²) in [4.78, 5) is 11.6. The van der Waals surface area contributed by atoms with Crippen molar-refractivity contribution in [3.05, 3.63) is 40.7 Å². The van der Waals surface area contributed by atoms with Crippen molar-refractivity contribution in [2.24, 2.45) is 0 Å². The van der Waals surface area contributed by atoms with Gasteiger partial charge in [-0.15, -0.1) is 0 Å². The highest BCUT2D eigenvalue weighted by atomic mass is 32.1. The molecule has 0 saturated carbocycles. The molecule has 0 aliphatic carbocycles. The van der Waals surface area contributed by atoms with Crippen LogP contribution in [0, 0.1) is 0 Å². The Morgan fingerprint density at radius 3 is 2.94 bits per heavy atom. The second kappa shape index (κ2) is 5.84. The van der Waals surface area contributed by atoms with Crippen LogP contribution < -0.4 is 5.43 Å². The molecule has 0 aliphatic rings. The minimum atomic E-state index is -0.0480. The van der Waals surface area contributed by atoms with Crippen LogP contribution in [0.25, 0.3) is 10.9 Å². The molecule has 2 rings (SSSR count). The summed E-state index contributed by atoms with van der Waals surface area (Å²) in [5.41, 5.74) is 0.794. The van der Waals surface area contributed by atoms with E-state index in [9.17, 15) is 4.79 Å². The number of benzene rings is 1. The number of nitrogens with zero attached hydrogens (tertiary/aromatic N) is 2. The molecule has 90 valence electrons. The molecule has 0 aliphatic heterocycles. The van der Waals surface area contributed by atoms with Gasteiger partial charge < -0.3 is 4.74 Å². The third kappa shape index (κ3) is 2.87. The molecule has 1 heterocycles. The molecule has 1 aromatic heterocycles. The number of rotatable bonds is 5. The topological polar surface area (TPSA) is 44.1 Å². The van der Waals surface area contributed by atoms with E-state index in [1.165, 1.54) is 6.20 Å². The number of thiol groups is 1. The van der Waals surface area contributed by atoms with Gasteiger partial charge in [0.05, 0.1) is 31.5 Å². The van der Waals surface area contributed by atoms with Crippen LogP contribution in [-0.4, -0.2) is 28.7 Å². The van der Waals surface area contributed by atoms with E-state index in [-0.39, 0.29) is 5.43 Å². The Bertz CT molecular complexity index is 553. The van der Waals surface area contributed by atoms with Crippen LogP contribution in [-0.2, 0) is 11.3 Å². The molecule has 4 nitrogen and oxygen atoms in total. The molecular weight excluding hydrogens is 236 g/mol. The lowest BCUT2D eigenvalue weighted by atomic mass is 10.2. The van der Waals surface area contributed by atoms with Crippen LogP contribution in [0.15, 0.2) is 35.3 Å². The van der Waals surface area contributed by atoms with Crippen molar-refractivity contribution in [3.63, 3.8) is 0 Å². The molecule has 0 N–H and O–H groups in total. The Balaban J connectivity index is 2.23. The molecule has 0 fully saturated rings. The zero-order chi connectivity index (χ0) is 12.1. The molecule has 5 heteroatoms. The molecule has 0 unspecified atom stereocenters. The summed E-state index contributed by atoms with van der Waals surface area (Å²) in [6, 6.07) is 7.45. The summed E-state index contributed by atoms with van der Waals surface area (Å²) in [5, 5.41) is 4.80. The average Bonchev–Trinajstić information content (AvgIpc) is 2.37. The Kier molecular flexibility index (Phi) is 4.17. The van der Waals surface area contributed by atoms with Crippen molar-refractivity contribution in [3.8, 4) is 0 Å². The molecule has 0 amide bonds. The van der Waals surface area contributed by atoms with Crippen molar-refractivity contribution in [2.45, 2.75) is 6.54 Å². The number of fused-ring (bicyclic) bond motifs is 1. The highest BCUT2D eigenvalue weighted by Gasteiger charge is 2.02. The Labute approximate surface area is 105 Å². The Morgan fingerprint density at radius 2 is 2.12 bits per heavy atom. The fourth-order valence-corrected chi connectivity index (χ4v) is 1.79. The van der Waals surface area contributed by atoms with E-state index in [2.05, 4.69) is 17.7 Å². The van der Waals surface area contributed by atoms with E-state index >= 15 is 0 Å². The van der Waals surface area contributed by atoms with E-state index in [4.69, 9.17) is 4.74 Å². The minimum absolute atomic E-state index is 0.0480. The first kappa shape index (κ1) is 12.1. The predicted molar refractivity (Wildman–Crippen MR) is 70.7 cm³/mol. The molecule has 1 aromatic carbocycles. The van der Waals surface area contributed by atoms with Crippen molar-refractivity contribution >= 4 is 23.5 Å². The van der Waals surface area contributed by atoms with Crippen molar-refractivity contribution in [1.82, 2.24) is 9.78 Å². The molecule has 17 heavy (non-hydrogen) atoms. The summed E-state index contributed by atoms with van der Waals surface area (Å²) < 4.78 is 7.14. The fraction of sp³-hybridized carbons (Fsp3) is 0.333. The van der Waals surface area contributed by atoms with Gasteiger partial charge in [0.2, 0.25) is 5.43 Å². The maximum atomic E-state index is 11.6. The van der Waals surface area contributed by atoms with Crippen LogP contribution in [0.3, 0.4) is 0 Å². The largest absolute Gasteiger partial charge is 0.379 e. The van der Waals surface area contributed by atoms with E-state index in [0.29, 0.717) is 30.9 Å². The highest BCUT2D eigenvalue weighted by molar-refractivity contribution is 7.80. The van der Waals surface area contributed by atoms with Crippen LogP contribution in [0.2, 0.25) is 0 Å². The third-order valence-corrected chi connectivity index (χ3v) is 2.63. The highest BCUT2D eigenvalue weighted by Crippen LogP contribution is 2.07. The zero-order valence-corrected chi connectivity index (χ0v) is 10.3. The smallest absolute Gasteiger partial charge is 0.207 e. The van der Waals surface area contributed by atoms with Crippen molar-refractivity contribution in [1.29, 1.82) is 0 Å². The van der Waals surface area contributed by atoms with E-state index in [1.54, 1.807) is 4.68 Å². The van der Waals surface area contributed by atoms with Gasteiger partial charge in [0.25, 0.3) is 0 Å². The van der Waals surface area contributed by atoms with Gasteiger partial charge in [0, 0.05) is 11.1 Å². The standard InChI is InChI=1S/C12H14N2O2S/c15-12-9-13-14(5-6-16-7-8-17)11-4-2-1-3-10(11)12/h1-4,9,17H,5-8H2. The van der Waals surface area contributed by atoms with Gasteiger partial charge in [-0.05, 0) is 12.1 Å². The molecule has 0 saturated heterocycles. The number of hydrogen-bond acceptors (Lipinski definition) is 4. The van der Waals surface area contributed by atoms with Gasteiger partial charge in [0.15, 0.2) is 0 Å².